The second-order valence-corrected chi connectivity index (χ2v) is 6.04. The molecule has 1 aliphatic carbocycles. The van der Waals surface area contributed by atoms with E-state index < -0.39 is 23.2 Å². The van der Waals surface area contributed by atoms with Crippen molar-refractivity contribution in [2.75, 3.05) is 6.54 Å². The van der Waals surface area contributed by atoms with Crippen molar-refractivity contribution in [1.82, 2.24) is 4.90 Å². The van der Waals surface area contributed by atoms with E-state index in [4.69, 9.17) is 4.74 Å². The minimum Gasteiger partial charge on any atom is -0.479 e. The minimum absolute atomic E-state index is 0.318. The maximum atomic E-state index is 12.0. The predicted molar refractivity (Wildman–Crippen MR) is 60.6 cm³/mol. The Kier molecular flexibility index (Phi) is 2.60. The first kappa shape index (κ1) is 12.2. The first-order chi connectivity index (χ1) is 7.74. The number of hydrogen-bond acceptors (Lipinski definition) is 3. The molecule has 1 saturated heterocycles. The average Bonchev–Trinajstić information content (AvgIpc) is 2.72. The van der Waals surface area contributed by atoms with E-state index >= 15 is 0 Å². The van der Waals surface area contributed by atoms with Crippen LogP contribution in [-0.4, -0.2) is 39.8 Å². The monoisotopic (exact) mass is 241 g/mol. The van der Waals surface area contributed by atoms with E-state index in [9.17, 15) is 14.7 Å². The molecule has 1 N–H and O–H groups in total. The van der Waals surface area contributed by atoms with Crippen molar-refractivity contribution in [2.45, 2.75) is 51.2 Å². The normalized spacial score (nSPS) is 31.7. The Morgan fingerprint density at radius 2 is 2.06 bits per heavy atom. The number of hydrogen-bond donors (Lipinski definition) is 1. The number of nitrogens with zero attached hydrogens (tertiary/aromatic N) is 1. The molecule has 1 amide bonds. The molecule has 0 radical (unpaired) electrons. The van der Waals surface area contributed by atoms with Gasteiger partial charge in [0.05, 0.1) is 0 Å². The van der Waals surface area contributed by atoms with Crippen LogP contribution in [0.25, 0.3) is 0 Å². The summed E-state index contributed by atoms with van der Waals surface area (Å²) in [6, 6.07) is 0. The summed E-state index contributed by atoms with van der Waals surface area (Å²) >= 11 is 0. The zero-order chi connectivity index (χ0) is 12.8. The number of carbonyl (C=O) groups is 2. The number of rotatable bonds is 1. The van der Waals surface area contributed by atoms with E-state index in [0.29, 0.717) is 25.3 Å². The fraction of sp³-hybridized carbons (Fsp3) is 0.833. The Balaban J connectivity index is 2.17. The number of carboxylic acids is 1. The summed E-state index contributed by atoms with van der Waals surface area (Å²) in [5, 5.41) is 9.36. The third kappa shape index (κ3) is 1.98. The first-order valence-corrected chi connectivity index (χ1v) is 5.99. The topological polar surface area (TPSA) is 66.8 Å². The molecule has 2 bridgehead atoms. The van der Waals surface area contributed by atoms with Crippen LogP contribution in [0.2, 0.25) is 0 Å². The van der Waals surface area contributed by atoms with Gasteiger partial charge in [-0.15, -0.1) is 0 Å². The van der Waals surface area contributed by atoms with Crippen molar-refractivity contribution in [3.8, 4) is 0 Å². The molecule has 2 aliphatic rings. The Morgan fingerprint density at radius 1 is 1.41 bits per heavy atom. The zero-order valence-electron chi connectivity index (χ0n) is 10.5. The van der Waals surface area contributed by atoms with Gasteiger partial charge >= 0.3 is 12.1 Å². The lowest BCUT2D eigenvalue weighted by Gasteiger charge is -2.36. The molecule has 0 aromatic carbocycles. The van der Waals surface area contributed by atoms with Gasteiger partial charge in [-0.1, -0.05) is 0 Å². The van der Waals surface area contributed by atoms with Crippen LogP contribution in [0.3, 0.4) is 0 Å². The molecule has 0 aromatic heterocycles. The van der Waals surface area contributed by atoms with Gasteiger partial charge in [0, 0.05) is 6.54 Å². The van der Waals surface area contributed by atoms with E-state index in [2.05, 4.69) is 0 Å². The second kappa shape index (κ2) is 3.62. The largest absolute Gasteiger partial charge is 0.479 e. The molecular weight excluding hydrogens is 222 g/mol. The molecule has 0 unspecified atom stereocenters. The summed E-state index contributed by atoms with van der Waals surface area (Å²) in [4.78, 5) is 24.8. The standard InChI is InChI=1S/C12H19NO4/c1-11(2,3)17-10(16)13-7-8-4-5-12(13,6-8)9(14)15/h8H,4-7H2,1-3H3,(H,14,15)/t8-,12-/m1/s1. The van der Waals surface area contributed by atoms with Gasteiger partial charge in [-0.25, -0.2) is 9.59 Å². The van der Waals surface area contributed by atoms with Crippen molar-refractivity contribution >= 4 is 12.1 Å². The number of piperidine rings is 1. The zero-order valence-corrected chi connectivity index (χ0v) is 10.5. The number of likely N-dealkylation sites (tertiary alicyclic amines) is 1. The van der Waals surface area contributed by atoms with Gasteiger partial charge in [-0.3, -0.25) is 4.90 Å². The molecule has 1 aliphatic heterocycles. The number of ether oxygens (including phenoxy) is 1. The van der Waals surface area contributed by atoms with Crippen LogP contribution in [-0.2, 0) is 9.53 Å². The summed E-state index contributed by atoms with van der Waals surface area (Å²) < 4.78 is 5.27. The molecule has 5 nitrogen and oxygen atoms in total. The highest BCUT2D eigenvalue weighted by Gasteiger charge is 2.58. The van der Waals surface area contributed by atoms with Gasteiger partial charge in [0.2, 0.25) is 0 Å². The summed E-state index contributed by atoms with van der Waals surface area (Å²) in [5.74, 6) is -0.582. The third-order valence-corrected chi connectivity index (χ3v) is 3.56. The van der Waals surface area contributed by atoms with Crippen LogP contribution in [0.1, 0.15) is 40.0 Å². The second-order valence-electron chi connectivity index (χ2n) is 6.04. The summed E-state index contributed by atoms with van der Waals surface area (Å²) in [6.45, 7) is 5.87. The van der Waals surface area contributed by atoms with Crippen LogP contribution in [0.5, 0.6) is 0 Å². The Bertz CT molecular complexity index is 360. The molecule has 2 atom stereocenters. The number of aliphatic carboxylic acids is 1. The Hall–Kier alpha value is -1.26. The van der Waals surface area contributed by atoms with Crippen molar-refractivity contribution in [2.24, 2.45) is 5.92 Å². The van der Waals surface area contributed by atoms with E-state index in [1.807, 2.05) is 0 Å². The van der Waals surface area contributed by atoms with Crippen molar-refractivity contribution in [3.63, 3.8) is 0 Å². The highest BCUT2D eigenvalue weighted by molar-refractivity contribution is 5.86. The lowest BCUT2D eigenvalue weighted by molar-refractivity contribution is -0.149. The predicted octanol–water partition coefficient (Wildman–Crippen LogP) is 1.86. The quantitative estimate of drug-likeness (QED) is 0.761. The van der Waals surface area contributed by atoms with E-state index in [1.165, 1.54) is 4.90 Å². The fourth-order valence-electron chi connectivity index (χ4n) is 2.83. The smallest absolute Gasteiger partial charge is 0.411 e. The van der Waals surface area contributed by atoms with Gasteiger partial charge in [0.15, 0.2) is 0 Å². The van der Waals surface area contributed by atoms with Crippen LogP contribution in [0.4, 0.5) is 4.79 Å². The summed E-state index contributed by atoms with van der Waals surface area (Å²) in [6.07, 6.45) is 1.52. The molecule has 0 spiro atoms. The number of carboxylic acid groups (broad SMARTS) is 1. The maximum Gasteiger partial charge on any atom is 0.411 e. The van der Waals surface area contributed by atoms with Crippen LogP contribution < -0.4 is 0 Å². The van der Waals surface area contributed by atoms with E-state index in [1.54, 1.807) is 20.8 Å². The van der Waals surface area contributed by atoms with Gasteiger partial charge < -0.3 is 9.84 Å². The number of fused-ring (bicyclic) bond motifs is 2. The van der Waals surface area contributed by atoms with Crippen molar-refractivity contribution in [1.29, 1.82) is 0 Å². The Labute approximate surface area is 101 Å². The molecule has 1 saturated carbocycles. The van der Waals surface area contributed by atoms with Crippen LogP contribution in [0.15, 0.2) is 0 Å². The highest BCUT2D eigenvalue weighted by atomic mass is 16.6. The molecule has 0 aromatic rings. The molecule has 17 heavy (non-hydrogen) atoms. The highest BCUT2D eigenvalue weighted by Crippen LogP contribution is 2.47. The third-order valence-electron chi connectivity index (χ3n) is 3.56. The molecule has 1 heterocycles. The molecule has 2 fully saturated rings. The Morgan fingerprint density at radius 3 is 2.53 bits per heavy atom. The SMILES string of the molecule is CC(C)(C)OC(=O)N1C[C@@H]2CC[C@]1(C(=O)O)C2. The van der Waals surface area contributed by atoms with E-state index in [0.717, 1.165) is 6.42 Å². The fourth-order valence-corrected chi connectivity index (χ4v) is 2.83. The maximum absolute atomic E-state index is 12.0. The molecule has 2 rings (SSSR count). The van der Waals surface area contributed by atoms with Crippen LogP contribution >= 0.6 is 0 Å². The van der Waals surface area contributed by atoms with Crippen molar-refractivity contribution in [3.05, 3.63) is 0 Å². The number of carbonyl (C=O) groups excluding carboxylic acids is 1. The lowest BCUT2D eigenvalue weighted by atomic mass is 9.98. The van der Waals surface area contributed by atoms with Gasteiger partial charge in [0.25, 0.3) is 0 Å². The average molecular weight is 241 g/mol. The number of amides is 1. The van der Waals surface area contributed by atoms with Crippen molar-refractivity contribution < 1.29 is 19.4 Å². The molecule has 96 valence electrons. The van der Waals surface area contributed by atoms with E-state index in [-0.39, 0.29) is 0 Å². The van der Waals surface area contributed by atoms with Crippen LogP contribution in [0, 0.1) is 5.92 Å². The lowest BCUT2D eigenvalue weighted by Crippen LogP contribution is -2.54. The van der Waals surface area contributed by atoms with Gasteiger partial charge in [-0.2, -0.15) is 0 Å². The first-order valence-electron chi connectivity index (χ1n) is 5.99. The summed E-state index contributed by atoms with van der Waals surface area (Å²) in [5.41, 5.74) is -1.59. The van der Waals surface area contributed by atoms with Gasteiger partial charge in [0.1, 0.15) is 11.1 Å². The minimum atomic E-state index is -1.01. The summed E-state index contributed by atoms with van der Waals surface area (Å²) in [7, 11) is 0. The van der Waals surface area contributed by atoms with Gasteiger partial charge in [-0.05, 0) is 46.0 Å². The molecule has 5 heteroatoms. The molecular formula is C12H19NO4.